The number of hydrogen-bond donors (Lipinski definition) is 1. The van der Waals surface area contributed by atoms with Crippen molar-refractivity contribution in [2.45, 2.75) is 51.1 Å². The van der Waals surface area contributed by atoms with Crippen LogP contribution in [0.2, 0.25) is 0 Å². The molecule has 0 bridgehead atoms. The Kier molecular flexibility index (Phi) is 4.67. The molecule has 0 aliphatic heterocycles. The second-order valence-electron chi connectivity index (χ2n) is 3.95. The summed E-state index contributed by atoms with van der Waals surface area (Å²) in [5, 5.41) is 8.83. The van der Waals surface area contributed by atoms with Crippen molar-refractivity contribution in [1.82, 2.24) is 0 Å². The average Bonchev–Trinajstić information content (AvgIpc) is 1.99. The van der Waals surface area contributed by atoms with E-state index in [1.807, 2.05) is 0 Å². The molecule has 0 heterocycles. The van der Waals surface area contributed by atoms with Crippen LogP contribution in [0.4, 0.5) is 26.3 Å². The second kappa shape index (κ2) is 4.81. The van der Waals surface area contributed by atoms with Gasteiger partial charge in [0.05, 0.1) is 0 Å². The van der Waals surface area contributed by atoms with E-state index in [0.29, 0.717) is 6.42 Å². The quantitative estimate of drug-likeness (QED) is 0.757. The highest BCUT2D eigenvalue weighted by atomic mass is 19.4. The van der Waals surface area contributed by atoms with Crippen LogP contribution in [-0.2, 0) is 0 Å². The summed E-state index contributed by atoms with van der Waals surface area (Å²) in [5.74, 6) is -0.849. The van der Waals surface area contributed by atoms with Crippen molar-refractivity contribution in [3.05, 3.63) is 0 Å². The van der Waals surface area contributed by atoms with Crippen LogP contribution in [0.25, 0.3) is 0 Å². The lowest BCUT2D eigenvalue weighted by Gasteiger charge is -2.34. The number of rotatable bonds is 4. The van der Waals surface area contributed by atoms with Gasteiger partial charge in [-0.05, 0) is 12.3 Å². The predicted molar refractivity (Wildman–Crippen MR) is 45.7 cm³/mol. The summed E-state index contributed by atoms with van der Waals surface area (Å²) in [5.41, 5.74) is -4.60. The topological polar surface area (TPSA) is 20.2 Å². The fraction of sp³-hybridized carbons (Fsp3) is 1.00. The monoisotopic (exact) mass is 252 g/mol. The molecule has 0 saturated carbocycles. The summed E-state index contributed by atoms with van der Waals surface area (Å²) >= 11 is 0. The minimum atomic E-state index is -5.70. The molecule has 1 atom stereocenters. The molecule has 0 aliphatic rings. The molecule has 0 rings (SSSR count). The van der Waals surface area contributed by atoms with Crippen molar-refractivity contribution in [2.24, 2.45) is 5.92 Å². The lowest BCUT2D eigenvalue weighted by atomic mass is 9.88. The van der Waals surface area contributed by atoms with E-state index in [1.54, 1.807) is 6.92 Å². The Morgan fingerprint density at radius 3 is 1.62 bits per heavy atom. The van der Waals surface area contributed by atoms with E-state index in [4.69, 9.17) is 5.11 Å². The maximum absolute atomic E-state index is 12.2. The van der Waals surface area contributed by atoms with Crippen molar-refractivity contribution in [2.75, 3.05) is 0 Å². The third kappa shape index (κ3) is 3.26. The number of alkyl halides is 6. The Balaban J connectivity index is 4.98. The van der Waals surface area contributed by atoms with Crippen LogP contribution in [0.1, 0.15) is 33.1 Å². The van der Waals surface area contributed by atoms with Gasteiger partial charge in [-0.2, -0.15) is 26.3 Å². The van der Waals surface area contributed by atoms with Gasteiger partial charge in [-0.25, -0.2) is 0 Å². The normalized spacial score (nSPS) is 16.3. The Bertz CT molecular complexity index is 205. The molecule has 0 spiro atoms. The van der Waals surface area contributed by atoms with Gasteiger partial charge in [0.2, 0.25) is 0 Å². The van der Waals surface area contributed by atoms with Crippen molar-refractivity contribution in [3.63, 3.8) is 0 Å². The van der Waals surface area contributed by atoms with Crippen LogP contribution in [-0.4, -0.2) is 23.1 Å². The number of hydrogen-bond acceptors (Lipinski definition) is 1. The maximum atomic E-state index is 12.2. The first kappa shape index (κ1) is 15.5. The number of halogens is 6. The van der Waals surface area contributed by atoms with Gasteiger partial charge in [0.1, 0.15) is 0 Å². The average molecular weight is 252 g/mol. The molecule has 0 aliphatic carbocycles. The van der Waals surface area contributed by atoms with Gasteiger partial charge >= 0.3 is 12.4 Å². The molecule has 0 aromatic rings. The van der Waals surface area contributed by atoms with E-state index in [2.05, 4.69) is 0 Å². The van der Waals surface area contributed by atoms with Crippen LogP contribution >= 0.6 is 0 Å². The zero-order valence-corrected chi connectivity index (χ0v) is 8.91. The van der Waals surface area contributed by atoms with Gasteiger partial charge in [0.15, 0.2) is 0 Å². The lowest BCUT2D eigenvalue weighted by molar-refractivity contribution is -0.372. The van der Waals surface area contributed by atoms with Crippen molar-refractivity contribution < 1.29 is 31.4 Å². The smallest absolute Gasteiger partial charge is 0.374 e. The van der Waals surface area contributed by atoms with Crippen molar-refractivity contribution in [1.29, 1.82) is 0 Å². The Morgan fingerprint density at radius 1 is 1.00 bits per heavy atom. The number of aliphatic hydroxyl groups is 1. The van der Waals surface area contributed by atoms with Gasteiger partial charge in [-0.3, -0.25) is 0 Å². The third-order valence-corrected chi connectivity index (χ3v) is 2.36. The predicted octanol–water partition coefficient (Wildman–Crippen LogP) is 3.67. The highest BCUT2D eigenvalue weighted by molar-refractivity contribution is 4.94. The maximum Gasteiger partial charge on any atom is 0.426 e. The second-order valence-corrected chi connectivity index (χ2v) is 3.95. The summed E-state index contributed by atoms with van der Waals surface area (Å²) in [6, 6.07) is 0. The summed E-state index contributed by atoms with van der Waals surface area (Å²) < 4.78 is 73.4. The van der Waals surface area contributed by atoms with E-state index >= 15 is 0 Å². The molecule has 0 saturated heterocycles. The van der Waals surface area contributed by atoms with E-state index in [0.717, 1.165) is 0 Å². The fourth-order valence-electron chi connectivity index (χ4n) is 1.49. The van der Waals surface area contributed by atoms with Crippen molar-refractivity contribution >= 4 is 0 Å². The Morgan fingerprint density at radius 2 is 1.38 bits per heavy atom. The SMILES string of the molecule is CCC[C@H](C)CC(O)(C(F)(F)F)C(F)(F)F. The summed E-state index contributed by atoms with van der Waals surface area (Å²) in [6.07, 6.45) is -12.1. The molecule has 0 radical (unpaired) electrons. The molecule has 16 heavy (non-hydrogen) atoms. The summed E-state index contributed by atoms with van der Waals surface area (Å²) in [4.78, 5) is 0. The minimum absolute atomic E-state index is 0.203. The molecular formula is C9H14F6O. The Labute approximate surface area is 89.4 Å². The molecule has 1 nitrogen and oxygen atoms in total. The summed E-state index contributed by atoms with van der Waals surface area (Å²) in [6.45, 7) is 2.91. The van der Waals surface area contributed by atoms with Crippen molar-refractivity contribution in [3.8, 4) is 0 Å². The molecular weight excluding hydrogens is 238 g/mol. The lowest BCUT2D eigenvalue weighted by Crippen LogP contribution is -2.57. The largest absolute Gasteiger partial charge is 0.426 e. The molecule has 0 amide bonds. The minimum Gasteiger partial charge on any atom is -0.374 e. The highest BCUT2D eigenvalue weighted by Gasteiger charge is 2.70. The molecule has 0 unspecified atom stereocenters. The van der Waals surface area contributed by atoms with E-state index in [9.17, 15) is 26.3 Å². The first-order chi connectivity index (χ1) is 6.95. The molecule has 0 aromatic heterocycles. The molecule has 1 N–H and O–H groups in total. The van der Waals surface area contributed by atoms with Crippen LogP contribution < -0.4 is 0 Å². The van der Waals surface area contributed by atoms with E-state index < -0.39 is 30.3 Å². The van der Waals surface area contributed by atoms with Gasteiger partial charge < -0.3 is 5.11 Å². The fourth-order valence-corrected chi connectivity index (χ4v) is 1.49. The van der Waals surface area contributed by atoms with Crippen LogP contribution in [0.5, 0.6) is 0 Å². The van der Waals surface area contributed by atoms with E-state index in [1.165, 1.54) is 6.92 Å². The zero-order valence-electron chi connectivity index (χ0n) is 8.91. The molecule has 0 aromatic carbocycles. The standard InChI is InChI=1S/C9H14F6O/c1-3-4-6(2)5-7(16,8(10,11)12)9(13,14)15/h6,16H,3-5H2,1-2H3/t6-/m0/s1. The van der Waals surface area contributed by atoms with Crippen LogP contribution in [0, 0.1) is 5.92 Å². The molecule has 98 valence electrons. The van der Waals surface area contributed by atoms with E-state index in [-0.39, 0.29) is 6.42 Å². The van der Waals surface area contributed by atoms with Gasteiger partial charge in [-0.1, -0.05) is 26.7 Å². The first-order valence-electron chi connectivity index (χ1n) is 4.81. The molecule has 0 fully saturated rings. The van der Waals surface area contributed by atoms with Crippen LogP contribution in [0.15, 0.2) is 0 Å². The Hall–Kier alpha value is -0.460. The zero-order chi connectivity index (χ0) is 13.2. The summed E-state index contributed by atoms with van der Waals surface area (Å²) in [7, 11) is 0. The van der Waals surface area contributed by atoms with Gasteiger partial charge in [-0.15, -0.1) is 0 Å². The highest BCUT2D eigenvalue weighted by Crippen LogP contribution is 2.47. The first-order valence-corrected chi connectivity index (χ1v) is 4.81. The van der Waals surface area contributed by atoms with Crippen LogP contribution in [0.3, 0.4) is 0 Å². The van der Waals surface area contributed by atoms with Gasteiger partial charge in [0.25, 0.3) is 5.60 Å². The molecule has 7 heteroatoms. The third-order valence-electron chi connectivity index (χ3n) is 2.36. The van der Waals surface area contributed by atoms with Gasteiger partial charge in [0, 0.05) is 0 Å².